The predicted molar refractivity (Wildman–Crippen MR) is 68.2 cm³/mol. The van der Waals surface area contributed by atoms with E-state index in [1.165, 1.54) is 0 Å². The third-order valence-corrected chi connectivity index (χ3v) is 6.24. The number of sulfone groups is 1. The Labute approximate surface area is 109 Å². The molecule has 3 rings (SSSR count). The van der Waals surface area contributed by atoms with E-state index in [4.69, 9.17) is 4.74 Å². The molecule has 0 spiro atoms. The third kappa shape index (κ3) is 1.84. The monoisotopic (exact) mass is 316 g/mol. The molecule has 92 valence electrons. The van der Waals surface area contributed by atoms with Crippen LogP contribution < -0.4 is 0 Å². The lowest BCUT2D eigenvalue weighted by molar-refractivity contribution is -0.00703. The van der Waals surface area contributed by atoms with Crippen molar-refractivity contribution in [2.45, 2.75) is 22.1 Å². The summed E-state index contributed by atoms with van der Waals surface area (Å²) in [5.74, 6) is 0.280. The van der Waals surface area contributed by atoms with Crippen molar-refractivity contribution in [3.05, 3.63) is 29.3 Å². The van der Waals surface area contributed by atoms with Crippen LogP contribution in [0.2, 0.25) is 0 Å². The SMILES string of the molecule is O=S1(=O)CCCc2cc(C3(Br)COC3)ccc21. The summed E-state index contributed by atoms with van der Waals surface area (Å²) in [5.41, 5.74) is 2.08. The van der Waals surface area contributed by atoms with Gasteiger partial charge in [-0.05, 0) is 30.0 Å². The van der Waals surface area contributed by atoms with Crippen LogP contribution in [0.15, 0.2) is 23.1 Å². The molecule has 3 nitrogen and oxygen atoms in total. The van der Waals surface area contributed by atoms with E-state index in [9.17, 15) is 8.42 Å². The van der Waals surface area contributed by atoms with Crippen molar-refractivity contribution < 1.29 is 13.2 Å². The van der Waals surface area contributed by atoms with Crippen LogP contribution in [0.3, 0.4) is 0 Å². The molecule has 2 aliphatic heterocycles. The molecule has 2 aliphatic rings. The average molecular weight is 317 g/mol. The highest BCUT2D eigenvalue weighted by atomic mass is 79.9. The van der Waals surface area contributed by atoms with Crippen molar-refractivity contribution in [1.82, 2.24) is 0 Å². The Morgan fingerprint density at radius 3 is 2.71 bits per heavy atom. The van der Waals surface area contributed by atoms with Gasteiger partial charge in [-0.1, -0.05) is 28.1 Å². The van der Waals surface area contributed by atoms with Crippen LogP contribution in [0.25, 0.3) is 0 Å². The highest BCUT2D eigenvalue weighted by molar-refractivity contribution is 9.09. The van der Waals surface area contributed by atoms with E-state index < -0.39 is 9.84 Å². The summed E-state index contributed by atoms with van der Waals surface area (Å²) in [6, 6.07) is 5.67. The van der Waals surface area contributed by atoms with Crippen molar-refractivity contribution in [2.24, 2.45) is 0 Å². The molecule has 17 heavy (non-hydrogen) atoms. The maximum atomic E-state index is 11.9. The summed E-state index contributed by atoms with van der Waals surface area (Å²) >= 11 is 3.66. The predicted octanol–water partition coefficient (Wildman–Crippen LogP) is 2.03. The molecule has 0 unspecified atom stereocenters. The Balaban J connectivity index is 2.08. The molecule has 0 saturated carbocycles. The Morgan fingerprint density at radius 1 is 1.29 bits per heavy atom. The highest BCUT2D eigenvalue weighted by Crippen LogP contribution is 2.40. The Hall–Kier alpha value is -0.390. The molecule has 1 fully saturated rings. The molecular formula is C12H13BrO3S. The summed E-state index contributed by atoms with van der Waals surface area (Å²) in [6.45, 7) is 1.30. The number of aryl methyl sites for hydroxylation is 1. The molecule has 1 saturated heterocycles. The van der Waals surface area contributed by atoms with Crippen LogP contribution in [-0.2, 0) is 25.3 Å². The first-order chi connectivity index (χ1) is 8.01. The fourth-order valence-electron chi connectivity index (χ4n) is 2.37. The zero-order valence-corrected chi connectivity index (χ0v) is 11.7. The third-order valence-electron chi connectivity index (χ3n) is 3.43. The molecule has 0 bridgehead atoms. The second-order valence-electron chi connectivity index (χ2n) is 4.70. The Morgan fingerprint density at radius 2 is 2.06 bits per heavy atom. The van der Waals surface area contributed by atoms with Gasteiger partial charge in [0.25, 0.3) is 0 Å². The molecule has 0 aromatic heterocycles. The van der Waals surface area contributed by atoms with Crippen molar-refractivity contribution in [3.8, 4) is 0 Å². The average Bonchev–Trinajstić information content (AvgIpc) is 2.25. The summed E-state index contributed by atoms with van der Waals surface area (Å²) in [5, 5.41) is 0. The summed E-state index contributed by atoms with van der Waals surface area (Å²) in [4.78, 5) is 0.517. The van der Waals surface area contributed by atoms with Gasteiger partial charge in [0.05, 0.1) is 28.2 Å². The first kappa shape index (κ1) is 11.7. The Bertz CT molecular complexity index is 561. The zero-order valence-electron chi connectivity index (χ0n) is 9.28. The van der Waals surface area contributed by atoms with Gasteiger partial charge in [0.15, 0.2) is 9.84 Å². The minimum Gasteiger partial charge on any atom is -0.378 e. The number of rotatable bonds is 1. The number of hydrogen-bond donors (Lipinski definition) is 0. The van der Waals surface area contributed by atoms with E-state index in [2.05, 4.69) is 15.9 Å². The summed E-state index contributed by atoms with van der Waals surface area (Å²) in [7, 11) is -3.04. The molecule has 2 heterocycles. The minimum absolute atomic E-state index is 0.108. The number of halogens is 1. The van der Waals surface area contributed by atoms with Crippen molar-refractivity contribution in [1.29, 1.82) is 0 Å². The van der Waals surface area contributed by atoms with Crippen LogP contribution >= 0.6 is 15.9 Å². The quantitative estimate of drug-likeness (QED) is 0.745. The number of hydrogen-bond acceptors (Lipinski definition) is 3. The zero-order chi connectivity index (χ0) is 12.1. The van der Waals surface area contributed by atoms with Gasteiger partial charge in [0.2, 0.25) is 0 Å². The maximum absolute atomic E-state index is 11.9. The lowest BCUT2D eigenvalue weighted by Crippen LogP contribution is -2.41. The molecule has 5 heteroatoms. The normalized spacial score (nSPS) is 24.8. The lowest BCUT2D eigenvalue weighted by atomic mass is 9.94. The van der Waals surface area contributed by atoms with Gasteiger partial charge in [-0.25, -0.2) is 8.42 Å². The van der Waals surface area contributed by atoms with Crippen LogP contribution in [0.4, 0.5) is 0 Å². The van der Waals surface area contributed by atoms with Gasteiger partial charge in [-0.3, -0.25) is 0 Å². The molecule has 0 N–H and O–H groups in total. The molecule has 0 aliphatic carbocycles. The number of ether oxygens (including phenoxy) is 1. The van der Waals surface area contributed by atoms with Gasteiger partial charge in [-0.2, -0.15) is 0 Å². The summed E-state index contributed by atoms with van der Waals surface area (Å²) in [6.07, 6.45) is 1.58. The van der Waals surface area contributed by atoms with E-state index >= 15 is 0 Å². The first-order valence-corrected chi connectivity index (χ1v) is 8.09. The van der Waals surface area contributed by atoms with E-state index in [1.54, 1.807) is 6.07 Å². The van der Waals surface area contributed by atoms with Crippen molar-refractivity contribution >= 4 is 25.8 Å². The molecule has 0 amide bonds. The smallest absolute Gasteiger partial charge is 0.178 e. The second kappa shape index (κ2) is 3.80. The Kier molecular flexibility index (Phi) is 2.61. The topological polar surface area (TPSA) is 43.4 Å². The highest BCUT2D eigenvalue weighted by Gasteiger charge is 2.38. The maximum Gasteiger partial charge on any atom is 0.178 e. The summed E-state index contributed by atoms with van der Waals surface area (Å²) < 4.78 is 28.9. The van der Waals surface area contributed by atoms with E-state index in [0.717, 1.165) is 24.0 Å². The molecule has 1 aromatic rings. The van der Waals surface area contributed by atoms with Crippen molar-refractivity contribution in [2.75, 3.05) is 19.0 Å². The molecular weight excluding hydrogens is 304 g/mol. The number of alkyl halides is 1. The second-order valence-corrected chi connectivity index (χ2v) is 8.30. The van der Waals surface area contributed by atoms with Crippen LogP contribution in [0.5, 0.6) is 0 Å². The van der Waals surface area contributed by atoms with E-state index in [-0.39, 0.29) is 10.1 Å². The van der Waals surface area contributed by atoms with Gasteiger partial charge in [-0.15, -0.1) is 0 Å². The van der Waals surface area contributed by atoms with Gasteiger partial charge < -0.3 is 4.74 Å². The van der Waals surface area contributed by atoms with Gasteiger partial charge in [0, 0.05) is 0 Å². The first-order valence-electron chi connectivity index (χ1n) is 5.64. The molecule has 0 radical (unpaired) electrons. The van der Waals surface area contributed by atoms with E-state index in [1.807, 2.05) is 12.1 Å². The van der Waals surface area contributed by atoms with Crippen LogP contribution in [0.1, 0.15) is 17.5 Å². The number of benzene rings is 1. The number of fused-ring (bicyclic) bond motifs is 1. The fourth-order valence-corrected chi connectivity index (χ4v) is 4.52. The van der Waals surface area contributed by atoms with Crippen LogP contribution in [0, 0.1) is 0 Å². The van der Waals surface area contributed by atoms with Gasteiger partial charge in [0.1, 0.15) is 0 Å². The fraction of sp³-hybridized carbons (Fsp3) is 0.500. The van der Waals surface area contributed by atoms with Crippen molar-refractivity contribution in [3.63, 3.8) is 0 Å². The lowest BCUT2D eigenvalue weighted by Gasteiger charge is -2.37. The largest absolute Gasteiger partial charge is 0.378 e. The minimum atomic E-state index is -3.04. The van der Waals surface area contributed by atoms with Crippen LogP contribution in [-0.4, -0.2) is 27.4 Å². The van der Waals surface area contributed by atoms with E-state index in [0.29, 0.717) is 18.1 Å². The molecule has 0 atom stereocenters. The molecule has 1 aromatic carbocycles. The standard InChI is InChI=1S/C12H13BrO3S/c13-12(7-16-8-12)10-3-4-11-9(6-10)2-1-5-17(11,14)15/h3-4,6H,1-2,5,7-8H2. The van der Waals surface area contributed by atoms with Gasteiger partial charge >= 0.3 is 0 Å².